The van der Waals surface area contributed by atoms with E-state index >= 15 is 0 Å². The van der Waals surface area contributed by atoms with E-state index in [4.69, 9.17) is 0 Å². The van der Waals surface area contributed by atoms with Gasteiger partial charge in [0, 0.05) is 5.41 Å². The van der Waals surface area contributed by atoms with E-state index in [1.165, 1.54) is 21.6 Å². The molecule has 1 aliphatic carbocycles. The van der Waals surface area contributed by atoms with Gasteiger partial charge in [-0.2, -0.15) is 0 Å². The smallest absolute Gasteiger partial charge is 0.0554 e. The van der Waals surface area contributed by atoms with E-state index in [2.05, 4.69) is 45.1 Å². The predicted octanol–water partition coefficient (Wildman–Crippen LogP) is 0.877. The van der Waals surface area contributed by atoms with E-state index in [1.54, 1.807) is 0 Å². The highest BCUT2D eigenvalue weighted by atomic mass is 16.3. The molecule has 1 atom stereocenters. The molecule has 0 spiro atoms. The summed E-state index contributed by atoms with van der Waals surface area (Å²) < 4.78 is 0. The molecule has 1 N–H and O–H groups in total. The van der Waals surface area contributed by atoms with Crippen molar-refractivity contribution in [3.05, 3.63) is 33.7 Å². The van der Waals surface area contributed by atoms with E-state index in [9.17, 15) is 5.11 Å². The highest BCUT2D eigenvalue weighted by Crippen LogP contribution is 2.21. The molecular weight excluding hydrogens is 172 g/mol. The van der Waals surface area contributed by atoms with Crippen LogP contribution in [-0.4, -0.2) is 11.7 Å². The van der Waals surface area contributed by atoms with Crippen molar-refractivity contribution >= 4 is 12.2 Å². The minimum atomic E-state index is -0.166. The molecule has 0 saturated carbocycles. The lowest BCUT2D eigenvalue weighted by Gasteiger charge is -2.14. The predicted molar refractivity (Wildman–Crippen MR) is 59.3 cm³/mol. The van der Waals surface area contributed by atoms with Crippen LogP contribution in [0.15, 0.2) is 12.1 Å². The summed E-state index contributed by atoms with van der Waals surface area (Å²) in [4.78, 5) is 0. The first-order valence-corrected chi connectivity index (χ1v) is 4.98. The topological polar surface area (TPSA) is 20.2 Å². The molecule has 1 aliphatic rings. The molecule has 1 nitrogen and oxygen atoms in total. The quantitative estimate of drug-likeness (QED) is 0.693. The van der Waals surface area contributed by atoms with Crippen molar-refractivity contribution in [2.45, 2.75) is 20.8 Å². The van der Waals surface area contributed by atoms with Crippen LogP contribution in [0.5, 0.6) is 0 Å². The summed E-state index contributed by atoms with van der Waals surface area (Å²) in [5.74, 6) is 0. The second kappa shape index (κ2) is 2.96. The highest BCUT2D eigenvalue weighted by Gasteiger charge is 2.20. The second-order valence-electron chi connectivity index (χ2n) is 4.54. The fraction of sp³-hybridized carbons (Fsp3) is 0.385. The molecule has 0 fully saturated rings. The molecule has 1 heteroatoms. The Labute approximate surface area is 84.4 Å². The zero-order chi connectivity index (χ0) is 10.3. The first-order chi connectivity index (χ1) is 6.54. The van der Waals surface area contributed by atoms with Gasteiger partial charge in [-0.3, -0.25) is 0 Å². The number of fused-ring (bicyclic) bond motifs is 1. The first kappa shape index (κ1) is 9.47. The van der Waals surface area contributed by atoms with Gasteiger partial charge in [-0.15, -0.1) is 0 Å². The van der Waals surface area contributed by atoms with Crippen LogP contribution >= 0.6 is 0 Å². The van der Waals surface area contributed by atoms with Crippen LogP contribution in [0.25, 0.3) is 12.2 Å². The van der Waals surface area contributed by atoms with Gasteiger partial charge in [0.05, 0.1) is 6.61 Å². The number of aliphatic hydroxyl groups excluding tert-OH is 1. The van der Waals surface area contributed by atoms with E-state index in [0.717, 1.165) is 0 Å². The fourth-order valence-corrected chi connectivity index (χ4v) is 2.15. The lowest BCUT2D eigenvalue weighted by atomic mass is 9.94. The molecule has 1 unspecified atom stereocenters. The molecule has 74 valence electrons. The maximum Gasteiger partial charge on any atom is 0.0554 e. The van der Waals surface area contributed by atoms with Crippen LogP contribution in [0.4, 0.5) is 0 Å². The summed E-state index contributed by atoms with van der Waals surface area (Å²) in [5.41, 5.74) is 2.42. The third kappa shape index (κ3) is 1.38. The Balaban J connectivity index is 2.76. The number of aliphatic hydroxyl groups is 1. The van der Waals surface area contributed by atoms with Gasteiger partial charge in [-0.25, -0.2) is 0 Å². The Hall–Kier alpha value is -1.08. The molecule has 0 amide bonds. The van der Waals surface area contributed by atoms with E-state index in [-0.39, 0.29) is 12.0 Å². The number of hydrogen-bond donors (Lipinski definition) is 1. The monoisotopic (exact) mass is 188 g/mol. The number of rotatable bonds is 1. The van der Waals surface area contributed by atoms with Crippen molar-refractivity contribution < 1.29 is 5.11 Å². The average Bonchev–Trinajstić information content (AvgIpc) is 2.43. The maximum absolute atomic E-state index is 9.30. The van der Waals surface area contributed by atoms with Crippen LogP contribution < -0.4 is 10.4 Å². The Morgan fingerprint density at radius 1 is 1.21 bits per heavy atom. The zero-order valence-corrected chi connectivity index (χ0v) is 8.96. The Bertz CT molecular complexity index is 485. The number of benzene rings is 1. The van der Waals surface area contributed by atoms with Gasteiger partial charge in [0.2, 0.25) is 0 Å². The molecule has 0 bridgehead atoms. The minimum absolute atomic E-state index is 0.166. The van der Waals surface area contributed by atoms with Gasteiger partial charge in [0.1, 0.15) is 0 Å². The minimum Gasteiger partial charge on any atom is -0.395 e. The molecule has 14 heavy (non-hydrogen) atoms. The van der Waals surface area contributed by atoms with Gasteiger partial charge >= 0.3 is 0 Å². The summed E-state index contributed by atoms with van der Waals surface area (Å²) in [6.07, 6.45) is 4.32. The molecule has 0 heterocycles. The van der Waals surface area contributed by atoms with Gasteiger partial charge in [0.15, 0.2) is 0 Å². The van der Waals surface area contributed by atoms with Crippen LogP contribution in [0.3, 0.4) is 0 Å². The van der Waals surface area contributed by atoms with Gasteiger partial charge in [-0.05, 0) is 29.8 Å². The Kier molecular flexibility index (Phi) is 2.00. The van der Waals surface area contributed by atoms with Crippen molar-refractivity contribution in [3.63, 3.8) is 0 Å². The summed E-state index contributed by atoms with van der Waals surface area (Å²) in [6.45, 7) is 6.47. The van der Waals surface area contributed by atoms with E-state index < -0.39 is 0 Å². The van der Waals surface area contributed by atoms with E-state index in [0.29, 0.717) is 0 Å². The molecule has 1 aromatic rings. The lowest BCUT2D eigenvalue weighted by Crippen LogP contribution is -2.24. The molecular formula is C13H16O. The highest BCUT2D eigenvalue weighted by molar-refractivity contribution is 5.58. The van der Waals surface area contributed by atoms with Crippen molar-refractivity contribution in [1.29, 1.82) is 0 Å². The summed E-state index contributed by atoms with van der Waals surface area (Å²) in [5, 5.41) is 11.8. The molecule has 1 aromatic carbocycles. The number of aryl methyl sites for hydroxylation is 2. The standard InChI is InChI=1S/C13H16O/c1-9-4-10(2)12-7-13(3,8-14)6-11(12)5-9/h4-7,14H,8H2,1-3H3. The molecule has 0 aliphatic heterocycles. The van der Waals surface area contributed by atoms with Crippen LogP contribution in [0.2, 0.25) is 0 Å². The molecule has 0 saturated heterocycles. The fourth-order valence-electron chi connectivity index (χ4n) is 2.15. The SMILES string of the molecule is Cc1cc(C)c2c(c1)=CC(C)(CO)C=2. The van der Waals surface area contributed by atoms with Crippen LogP contribution in [-0.2, 0) is 0 Å². The third-order valence-electron chi connectivity index (χ3n) is 2.86. The summed E-state index contributed by atoms with van der Waals surface area (Å²) in [6, 6.07) is 4.37. The average molecular weight is 188 g/mol. The molecule has 0 aromatic heterocycles. The summed E-state index contributed by atoms with van der Waals surface area (Å²) in [7, 11) is 0. The van der Waals surface area contributed by atoms with E-state index in [1.807, 2.05) is 0 Å². The third-order valence-corrected chi connectivity index (χ3v) is 2.86. The Morgan fingerprint density at radius 3 is 2.57 bits per heavy atom. The molecule has 2 rings (SSSR count). The van der Waals surface area contributed by atoms with Crippen LogP contribution in [0, 0.1) is 19.3 Å². The molecule has 0 radical (unpaired) electrons. The van der Waals surface area contributed by atoms with Crippen molar-refractivity contribution in [1.82, 2.24) is 0 Å². The van der Waals surface area contributed by atoms with Crippen molar-refractivity contribution in [2.24, 2.45) is 5.41 Å². The van der Waals surface area contributed by atoms with Crippen molar-refractivity contribution in [2.75, 3.05) is 6.61 Å². The second-order valence-corrected chi connectivity index (χ2v) is 4.54. The van der Waals surface area contributed by atoms with Crippen molar-refractivity contribution in [3.8, 4) is 0 Å². The normalized spacial score (nSPS) is 24.0. The lowest BCUT2D eigenvalue weighted by molar-refractivity contribution is 0.239. The zero-order valence-electron chi connectivity index (χ0n) is 8.96. The van der Waals surface area contributed by atoms with Gasteiger partial charge < -0.3 is 5.11 Å². The Morgan fingerprint density at radius 2 is 1.93 bits per heavy atom. The number of hydrogen-bond acceptors (Lipinski definition) is 1. The first-order valence-electron chi connectivity index (χ1n) is 4.98. The van der Waals surface area contributed by atoms with Crippen LogP contribution in [0.1, 0.15) is 18.1 Å². The largest absolute Gasteiger partial charge is 0.395 e. The maximum atomic E-state index is 9.30. The van der Waals surface area contributed by atoms with Gasteiger partial charge in [0.25, 0.3) is 0 Å². The van der Waals surface area contributed by atoms with Gasteiger partial charge in [-0.1, -0.05) is 36.8 Å². The summed E-state index contributed by atoms with van der Waals surface area (Å²) >= 11 is 0.